The summed E-state index contributed by atoms with van der Waals surface area (Å²) < 4.78 is 0. The third-order valence-electron chi connectivity index (χ3n) is 3.82. The van der Waals surface area contributed by atoms with Gasteiger partial charge in [-0.05, 0) is 25.2 Å². The first-order chi connectivity index (χ1) is 6.53. The Kier molecular flexibility index (Phi) is 2.30. The molecule has 2 rings (SSSR count). The zero-order chi connectivity index (χ0) is 10.3. The molecule has 1 aliphatic heterocycles. The van der Waals surface area contributed by atoms with Gasteiger partial charge in [0.1, 0.15) is 0 Å². The van der Waals surface area contributed by atoms with Crippen LogP contribution >= 0.6 is 0 Å². The molecule has 2 N–H and O–H groups in total. The van der Waals surface area contributed by atoms with Gasteiger partial charge in [-0.15, -0.1) is 0 Å². The van der Waals surface area contributed by atoms with Crippen LogP contribution in [-0.2, 0) is 4.79 Å². The van der Waals surface area contributed by atoms with Crippen molar-refractivity contribution in [1.82, 2.24) is 4.90 Å². The van der Waals surface area contributed by atoms with E-state index in [4.69, 9.17) is 5.73 Å². The van der Waals surface area contributed by atoms with Crippen LogP contribution in [0.2, 0.25) is 0 Å². The molecule has 14 heavy (non-hydrogen) atoms. The van der Waals surface area contributed by atoms with Gasteiger partial charge in [-0.25, -0.2) is 0 Å². The largest absolute Gasteiger partial charge is 0.341 e. The molecule has 0 bridgehead atoms. The molecule has 0 aromatic rings. The Labute approximate surface area is 85.6 Å². The van der Waals surface area contributed by atoms with E-state index in [1.54, 1.807) is 0 Å². The fourth-order valence-corrected chi connectivity index (χ4v) is 2.07. The van der Waals surface area contributed by atoms with E-state index in [2.05, 4.69) is 13.8 Å². The van der Waals surface area contributed by atoms with E-state index in [1.807, 2.05) is 4.90 Å². The van der Waals surface area contributed by atoms with Crippen LogP contribution in [-0.4, -0.2) is 29.9 Å². The monoisotopic (exact) mass is 196 g/mol. The molecule has 1 saturated heterocycles. The maximum atomic E-state index is 12.0. The number of carbonyl (C=O) groups excluding carboxylic acids is 1. The van der Waals surface area contributed by atoms with Crippen molar-refractivity contribution in [2.45, 2.75) is 39.2 Å². The van der Waals surface area contributed by atoms with Crippen molar-refractivity contribution in [3.8, 4) is 0 Å². The van der Waals surface area contributed by atoms with Crippen LogP contribution in [0.25, 0.3) is 0 Å². The third kappa shape index (κ3) is 1.65. The highest BCUT2D eigenvalue weighted by molar-refractivity contribution is 5.85. The fraction of sp³-hybridized carbons (Fsp3) is 0.909. The zero-order valence-electron chi connectivity index (χ0n) is 9.12. The maximum Gasteiger partial charge on any atom is 0.228 e. The van der Waals surface area contributed by atoms with Gasteiger partial charge in [-0.3, -0.25) is 4.79 Å². The summed E-state index contributed by atoms with van der Waals surface area (Å²) in [6.45, 7) is 5.91. The van der Waals surface area contributed by atoms with Crippen LogP contribution in [0, 0.1) is 11.3 Å². The van der Waals surface area contributed by atoms with Crippen molar-refractivity contribution in [3.05, 3.63) is 0 Å². The minimum Gasteiger partial charge on any atom is -0.341 e. The average molecular weight is 196 g/mol. The zero-order valence-corrected chi connectivity index (χ0v) is 9.12. The Hall–Kier alpha value is -0.570. The van der Waals surface area contributed by atoms with Crippen LogP contribution < -0.4 is 5.73 Å². The van der Waals surface area contributed by atoms with Crippen molar-refractivity contribution in [3.63, 3.8) is 0 Å². The van der Waals surface area contributed by atoms with Gasteiger partial charge in [0.15, 0.2) is 0 Å². The smallest absolute Gasteiger partial charge is 0.228 e. The van der Waals surface area contributed by atoms with Crippen molar-refractivity contribution in [1.29, 1.82) is 0 Å². The lowest BCUT2D eigenvalue weighted by molar-refractivity contribution is -0.138. The van der Waals surface area contributed by atoms with E-state index < -0.39 is 0 Å². The van der Waals surface area contributed by atoms with E-state index in [0.717, 1.165) is 32.4 Å². The second kappa shape index (κ2) is 3.23. The number of hydrogen-bond acceptors (Lipinski definition) is 2. The fourth-order valence-electron chi connectivity index (χ4n) is 2.07. The van der Waals surface area contributed by atoms with Crippen LogP contribution in [0.15, 0.2) is 0 Å². The molecule has 3 nitrogen and oxygen atoms in total. The minimum absolute atomic E-state index is 0.0275. The van der Waals surface area contributed by atoms with Crippen molar-refractivity contribution >= 4 is 5.91 Å². The van der Waals surface area contributed by atoms with Gasteiger partial charge in [-0.1, -0.05) is 13.8 Å². The van der Waals surface area contributed by atoms with Gasteiger partial charge >= 0.3 is 0 Å². The number of amides is 1. The summed E-state index contributed by atoms with van der Waals surface area (Å²) >= 11 is 0. The van der Waals surface area contributed by atoms with Gasteiger partial charge < -0.3 is 10.6 Å². The Morgan fingerprint density at radius 1 is 1.50 bits per heavy atom. The molecule has 1 amide bonds. The molecular weight excluding hydrogens is 176 g/mol. The number of rotatable bonds is 1. The molecule has 2 atom stereocenters. The minimum atomic E-state index is -0.0275. The Morgan fingerprint density at radius 2 is 2.14 bits per heavy atom. The summed E-state index contributed by atoms with van der Waals surface area (Å²) in [7, 11) is 0. The SMILES string of the molecule is CC1CCN(C(=O)C2(C)CC2)CC1N. The summed E-state index contributed by atoms with van der Waals surface area (Å²) in [5, 5.41) is 0. The lowest BCUT2D eigenvalue weighted by atomic mass is 9.93. The molecule has 0 spiro atoms. The second-order valence-corrected chi connectivity index (χ2v) is 5.24. The average Bonchev–Trinajstić information content (AvgIpc) is 2.89. The predicted molar refractivity (Wildman–Crippen MR) is 55.7 cm³/mol. The summed E-state index contributed by atoms with van der Waals surface area (Å²) in [6, 6.07) is 0.176. The number of piperidine rings is 1. The summed E-state index contributed by atoms with van der Waals surface area (Å²) in [5.74, 6) is 0.894. The number of hydrogen-bond donors (Lipinski definition) is 1. The number of nitrogens with zero attached hydrogens (tertiary/aromatic N) is 1. The van der Waals surface area contributed by atoms with Crippen LogP contribution in [0.3, 0.4) is 0 Å². The standard InChI is InChI=1S/C11H20N2O/c1-8-3-6-13(7-9(8)12)10(14)11(2)4-5-11/h8-9H,3-7,12H2,1-2H3. The molecule has 2 unspecified atom stereocenters. The highest BCUT2D eigenvalue weighted by Gasteiger charge is 2.47. The second-order valence-electron chi connectivity index (χ2n) is 5.24. The molecule has 0 radical (unpaired) electrons. The van der Waals surface area contributed by atoms with Gasteiger partial charge in [0.25, 0.3) is 0 Å². The first-order valence-corrected chi connectivity index (χ1v) is 5.58. The summed E-state index contributed by atoms with van der Waals surface area (Å²) in [4.78, 5) is 14.0. The summed E-state index contributed by atoms with van der Waals surface area (Å²) in [6.07, 6.45) is 3.18. The van der Waals surface area contributed by atoms with Gasteiger partial charge in [0, 0.05) is 24.5 Å². The molecule has 3 heteroatoms. The molecule has 1 saturated carbocycles. The molecule has 1 heterocycles. The van der Waals surface area contributed by atoms with E-state index >= 15 is 0 Å². The molecule has 2 fully saturated rings. The number of nitrogens with two attached hydrogens (primary N) is 1. The van der Waals surface area contributed by atoms with Gasteiger partial charge in [-0.2, -0.15) is 0 Å². The first kappa shape index (κ1) is 9.97. The number of likely N-dealkylation sites (tertiary alicyclic amines) is 1. The highest BCUT2D eigenvalue weighted by Crippen LogP contribution is 2.46. The van der Waals surface area contributed by atoms with E-state index in [0.29, 0.717) is 11.8 Å². The molecule has 0 aromatic carbocycles. The maximum absolute atomic E-state index is 12.0. The highest BCUT2D eigenvalue weighted by atomic mass is 16.2. The van der Waals surface area contributed by atoms with E-state index in [1.165, 1.54) is 0 Å². The van der Waals surface area contributed by atoms with Crippen molar-refractivity contribution in [2.24, 2.45) is 17.1 Å². The number of carbonyl (C=O) groups is 1. The van der Waals surface area contributed by atoms with E-state index in [9.17, 15) is 4.79 Å². The molecule has 0 aromatic heterocycles. The van der Waals surface area contributed by atoms with Crippen LogP contribution in [0.4, 0.5) is 0 Å². The van der Waals surface area contributed by atoms with Gasteiger partial charge in [0.05, 0.1) is 0 Å². The molecule has 1 aliphatic carbocycles. The van der Waals surface area contributed by atoms with Crippen molar-refractivity contribution in [2.75, 3.05) is 13.1 Å². The Balaban J connectivity index is 1.96. The normalized spacial score (nSPS) is 35.5. The van der Waals surface area contributed by atoms with Crippen LogP contribution in [0.1, 0.15) is 33.1 Å². The van der Waals surface area contributed by atoms with Crippen molar-refractivity contribution < 1.29 is 4.79 Å². The predicted octanol–water partition coefficient (Wildman–Crippen LogP) is 0.982. The Morgan fingerprint density at radius 3 is 2.64 bits per heavy atom. The quantitative estimate of drug-likeness (QED) is 0.679. The topological polar surface area (TPSA) is 46.3 Å². The lowest BCUT2D eigenvalue weighted by Crippen LogP contribution is -2.51. The molecular formula is C11H20N2O. The molecule has 80 valence electrons. The van der Waals surface area contributed by atoms with E-state index in [-0.39, 0.29) is 11.5 Å². The Bertz CT molecular complexity index is 248. The van der Waals surface area contributed by atoms with Crippen LogP contribution in [0.5, 0.6) is 0 Å². The summed E-state index contributed by atoms with van der Waals surface area (Å²) in [5.41, 5.74) is 5.95. The first-order valence-electron chi connectivity index (χ1n) is 5.58. The lowest BCUT2D eigenvalue weighted by Gasteiger charge is -2.36. The third-order valence-corrected chi connectivity index (χ3v) is 3.82. The molecule has 2 aliphatic rings. The van der Waals surface area contributed by atoms with Gasteiger partial charge in [0.2, 0.25) is 5.91 Å².